The minimum Gasteiger partial charge on any atom is -0.481 e. The van der Waals surface area contributed by atoms with Crippen LogP contribution in [0.5, 0.6) is 5.75 Å². The van der Waals surface area contributed by atoms with E-state index in [1.54, 1.807) is 12.1 Å². The van der Waals surface area contributed by atoms with Crippen LogP contribution in [0.2, 0.25) is 0 Å². The number of benzene rings is 3. The van der Waals surface area contributed by atoms with Crippen LogP contribution in [0.1, 0.15) is 30.0 Å². The Hall–Kier alpha value is -2.56. The third kappa shape index (κ3) is 5.24. The molecule has 0 fully saturated rings. The van der Waals surface area contributed by atoms with E-state index in [1.165, 1.54) is 17.2 Å². The summed E-state index contributed by atoms with van der Waals surface area (Å²) in [6.07, 6.45) is -0.634. The lowest BCUT2D eigenvalue weighted by Gasteiger charge is -2.12. The molecule has 28 heavy (non-hydrogen) atoms. The van der Waals surface area contributed by atoms with Gasteiger partial charge in [0.1, 0.15) is 0 Å². The van der Waals surface area contributed by atoms with E-state index < -0.39 is 18.6 Å². The Labute approximate surface area is 162 Å². The van der Waals surface area contributed by atoms with Gasteiger partial charge in [0, 0.05) is 5.39 Å². The molecule has 0 aliphatic carbocycles. The van der Waals surface area contributed by atoms with Crippen molar-refractivity contribution in [3.8, 4) is 5.75 Å². The Morgan fingerprint density at radius 2 is 1.39 bits per heavy atom. The van der Waals surface area contributed by atoms with Gasteiger partial charge in [0.2, 0.25) is 0 Å². The van der Waals surface area contributed by atoms with E-state index >= 15 is 0 Å². The Morgan fingerprint density at radius 3 is 2.04 bits per heavy atom. The molecule has 0 saturated carbocycles. The van der Waals surface area contributed by atoms with Crippen LogP contribution in [0.3, 0.4) is 0 Å². The number of rotatable bonds is 7. The first-order chi connectivity index (χ1) is 13.4. The molecule has 3 rings (SSSR count). The molecule has 0 amide bonds. The monoisotopic (exact) mass is 390 g/mol. The van der Waals surface area contributed by atoms with Crippen LogP contribution in [0.15, 0.2) is 54.6 Å². The van der Waals surface area contributed by atoms with E-state index in [0.717, 1.165) is 31.2 Å². The fourth-order valence-electron chi connectivity index (χ4n) is 3.20. The summed E-state index contributed by atoms with van der Waals surface area (Å²) in [6, 6.07) is 16.7. The summed E-state index contributed by atoms with van der Waals surface area (Å²) in [7, 11) is 0. The lowest BCUT2D eigenvalue weighted by molar-refractivity contribution is -0.153. The maximum Gasteiger partial charge on any atom is 0.422 e. The van der Waals surface area contributed by atoms with Crippen molar-refractivity contribution in [3.63, 3.8) is 0 Å². The highest BCUT2D eigenvalue weighted by atomic mass is 19.4. The Balaban J connectivity index is 1.70. The summed E-state index contributed by atoms with van der Waals surface area (Å²) in [5.41, 5.74) is 3.62. The number of aryl methyl sites for hydroxylation is 3. The number of hydrogen-bond donors (Lipinski definition) is 0. The van der Waals surface area contributed by atoms with Crippen molar-refractivity contribution in [3.05, 3.63) is 77.1 Å². The third-order valence-corrected chi connectivity index (χ3v) is 4.64. The quantitative estimate of drug-likeness (QED) is 0.410. The van der Waals surface area contributed by atoms with Crippen LogP contribution in [0.4, 0.5) is 17.6 Å². The highest BCUT2D eigenvalue weighted by molar-refractivity contribution is 5.85. The van der Waals surface area contributed by atoms with Crippen molar-refractivity contribution in [1.82, 2.24) is 0 Å². The molecular weight excluding hydrogens is 368 g/mol. The maximum absolute atomic E-state index is 14.4. The van der Waals surface area contributed by atoms with Crippen LogP contribution in [0, 0.1) is 5.82 Å². The van der Waals surface area contributed by atoms with Gasteiger partial charge in [-0.05, 0) is 47.4 Å². The highest BCUT2D eigenvalue weighted by Gasteiger charge is 2.29. The molecule has 0 unspecified atom stereocenters. The van der Waals surface area contributed by atoms with E-state index in [9.17, 15) is 17.6 Å². The molecule has 0 aliphatic rings. The van der Waals surface area contributed by atoms with Gasteiger partial charge in [-0.25, -0.2) is 4.39 Å². The first kappa shape index (κ1) is 20.2. The zero-order valence-electron chi connectivity index (χ0n) is 15.7. The van der Waals surface area contributed by atoms with Gasteiger partial charge < -0.3 is 4.74 Å². The Bertz CT molecular complexity index is 930. The summed E-state index contributed by atoms with van der Waals surface area (Å²) in [5, 5.41) is 0.903. The topological polar surface area (TPSA) is 9.23 Å². The summed E-state index contributed by atoms with van der Waals surface area (Å²) in [6.45, 7) is 0.645. The van der Waals surface area contributed by atoms with Crippen molar-refractivity contribution in [2.45, 2.75) is 38.8 Å². The van der Waals surface area contributed by atoms with Crippen LogP contribution in [-0.4, -0.2) is 12.8 Å². The van der Waals surface area contributed by atoms with E-state index in [1.807, 2.05) is 12.1 Å². The number of ether oxygens (including phenoxy) is 1. The molecule has 0 atom stereocenters. The van der Waals surface area contributed by atoms with E-state index in [2.05, 4.69) is 35.9 Å². The summed E-state index contributed by atoms with van der Waals surface area (Å²) < 4.78 is 55.8. The second-order valence-corrected chi connectivity index (χ2v) is 6.90. The molecule has 5 heteroatoms. The molecule has 0 bridgehead atoms. The molecule has 3 aromatic carbocycles. The second kappa shape index (κ2) is 8.63. The summed E-state index contributed by atoms with van der Waals surface area (Å²) in [5.74, 6) is -1.15. The number of halogens is 4. The Kier molecular flexibility index (Phi) is 6.22. The largest absolute Gasteiger partial charge is 0.481 e. The molecule has 3 aromatic rings. The second-order valence-electron chi connectivity index (χ2n) is 6.90. The van der Waals surface area contributed by atoms with Crippen LogP contribution in [-0.2, 0) is 19.3 Å². The standard InChI is InChI=1S/C23H22F4O/c1-2-3-16-4-6-17(7-5-16)8-9-18-10-12-20-19(14-18)11-13-21(22(20)24)28-15-23(25,26)27/h4-7,10-14H,2-3,8-9,15H2,1H3. The van der Waals surface area contributed by atoms with E-state index in [4.69, 9.17) is 0 Å². The van der Waals surface area contributed by atoms with Crippen molar-refractivity contribution in [2.24, 2.45) is 0 Å². The van der Waals surface area contributed by atoms with Gasteiger partial charge in [0.15, 0.2) is 18.2 Å². The average Bonchev–Trinajstić information content (AvgIpc) is 2.66. The van der Waals surface area contributed by atoms with Gasteiger partial charge >= 0.3 is 6.18 Å². The first-order valence-corrected chi connectivity index (χ1v) is 9.34. The average molecular weight is 390 g/mol. The molecular formula is C23H22F4O. The molecule has 0 spiro atoms. The van der Waals surface area contributed by atoms with Gasteiger partial charge in [-0.2, -0.15) is 13.2 Å². The zero-order valence-corrected chi connectivity index (χ0v) is 15.7. The minimum atomic E-state index is -4.50. The third-order valence-electron chi connectivity index (χ3n) is 4.64. The maximum atomic E-state index is 14.4. The van der Waals surface area contributed by atoms with Gasteiger partial charge in [0.05, 0.1) is 0 Å². The summed E-state index contributed by atoms with van der Waals surface area (Å²) >= 11 is 0. The first-order valence-electron chi connectivity index (χ1n) is 9.34. The fourth-order valence-corrected chi connectivity index (χ4v) is 3.20. The normalized spacial score (nSPS) is 11.8. The van der Waals surface area contributed by atoms with Crippen molar-refractivity contribution < 1.29 is 22.3 Å². The van der Waals surface area contributed by atoms with Gasteiger partial charge in [-0.15, -0.1) is 0 Å². The molecule has 0 aliphatic heterocycles. The van der Waals surface area contributed by atoms with Gasteiger partial charge in [0.25, 0.3) is 0 Å². The lowest BCUT2D eigenvalue weighted by atomic mass is 9.99. The van der Waals surface area contributed by atoms with Crippen molar-refractivity contribution in [2.75, 3.05) is 6.61 Å². The van der Waals surface area contributed by atoms with E-state index in [0.29, 0.717) is 5.39 Å². The zero-order chi connectivity index (χ0) is 20.1. The van der Waals surface area contributed by atoms with Crippen LogP contribution >= 0.6 is 0 Å². The highest BCUT2D eigenvalue weighted by Crippen LogP contribution is 2.29. The molecule has 0 saturated heterocycles. The SMILES string of the molecule is CCCc1ccc(CCc2ccc3c(F)c(OCC(F)(F)F)ccc3c2)cc1. The molecule has 0 radical (unpaired) electrons. The van der Waals surface area contributed by atoms with Gasteiger partial charge in [-0.1, -0.05) is 61.9 Å². The number of fused-ring (bicyclic) bond motifs is 1. The summed E-state index contributed by atoms with van der Waals surface area (Å²) in [4.78, 5) is 0. The van der Waals surface area contributed by atoms with Crippen molar-refractivity contribution >= 4 is 10.8 Å². The predicted octanol–water partition coefficient (Wildman–Crippen LogP) is 6.66. The minimum absolute atomic E-state index is 0.257. The van der Waals surface area contributed by atoms with Gasteiger partial charge in [-0.3, -0.25) is 0 Å². The lowest BCUT2D eigenvalue weighted by Crippen LogP contribution is -2.19. The molecule has 0 aromatic heterocycles. The molecule has 0 N–H and O–H groups in total. The predicted molar refractivity (Wildman–Crippen MR) is 103 cm³/mol. The van der Waals surface area contributed by atoms with Crippen molar-refractivity contribution in [1.29, 1.82) is 0 Å². The smallest absolute Gasteiger partial charge is 0.422 e. The number of alkyl halides is 3. The molecule has 148 valence electrons. The molecule has 0 heterocycles. The van der Waals surface area contributed by atoms with Crippen LogP contribution in [0.25, 0.3) is 10.8 Å². The van der Waals surface area contributed by atoms with Crippen LogP contribution < -0.4 is 4.74 Å². The number of hydrogen-bond acceptors (Lipinski definition) is 1. The fraction of sp³-hybridized carbons (Fsp3) is 0.304. The van der Waals surface area contributed by atoms with E-state index in [-0.39, 0.29) is 11.1 Å². The Morgan fingerprint density at radius 1 is 0.786 bits per heavy atom. The molecule has 1 nitrogen and oxygen atoms in total.